The smallest absolute Gasteiger partial charge is 0.183 e. The average Bonchev–Trinajstić information content (AvgIpc) is 3.17. The van der Waals surface area contributed by atoms with E-state index in [0.717, 1.165) is 5.56 Å². The van der Waals surface area contributed by atoms with Crippen LogP contribution < -0.4 is 5.73 Å². The van der Waals surface area contributed by atoms with Gasteiger partial charge in [0.25, 0.3) is 0 Å². The Balaban J connectivity index is 2.02. The number of sulfone groups is 1. The van der Waals surface area contributed by atoms with E-state index < -0.39 is 33.2 Å². The normalized spacial score (nSPS) is 27.6. The molecule has 0 aliphatic heterocycles. The second-order valence-corrected chi connectivity index (χ2v) is 8.08. The third-order valence-corrected chi connectivity index (χ3v) is 6.77. The fourth-order valence-corrected chi connectivity index (χ4v) is 5.44. The molecule has 1 aliphatic rings. The largest absolute Gasteiger partial charge is 0.394 e. The fourth-order valence-electron chi connectivity index (χ4n) is 2.99. The Bertz CT molecular complexity index is 777. The molecule has 2 aromatic carbocycles. The minimum Gasteiger partial charge on any atom is -0.394 e. The maximum absolute atomic E-state index is 12.8. The molecule has 0 amide bonds. The van der Waals surface area contributed by atoms with E-state index in [9.17, 15) is 13.5 Å². The molecule has 116 valence electrons. The lowest BCUT2D eigenvalue weighted by Gasteiger charge is -2.08. The first kappa shape index (κ1) is 15.5. The first-order valence-corrected chi connectivity index (χ1v) is 8.78. The predicted molar refractivity (Wildman–Crippen MR) is 85.6 cm³/mol. The third-order valence-electron chi connectivity index (χ3n) is 4.21. The van der Waals surface area contributed by atoms with E-state index >= 15 is 0 Å². The van der Waals surface area contributed by atoms with Gasteiger partial charge >= 0.3 is 0 Å². The van der Waals surface area contributed by atoms with E-state index in [4.69, 9.17) is 17.3 Å². The Morgan fingerprint density at radius 2 is 1.68 bits per heavy atom. The van der Waals surface area contributed by atoms with Gasteiger partial charge < -0.3 is 10.8 Å². The minimum absolute atomic E-state index is 0.222. The van der Waals surface area contributed by atoms with Crippen molar-refractivity contribution in [3.8, 4) is 0 Å². The van der Waals surface area contributed by atoms with Crippen molar-refractivity contribution in [1.29, 1.82) is 0 Å². The lowest BCUT2D eigenvalue weighted by atomic mass is 10.1. The molecule has 3 rings (SSSR count). The zero-order chi connectivity index (χ0) is 16.0. The number of hydrogen-bond acceptors (Lipinski definition) is 4. The molecule has 3 N–H and O–H groups in total. The molecule has 0 unspecified atom stereocenters. The molecule has 6 heteroatoms. The van der Waals surface area contributed by atoms with Gasteiger partial charge in [-0.2, -0.15) is 0 Å². The van der Waals surface area contributed by atoms with Gasteiger partial charge in [-0.1, -0.05) is 41.9 Å². The molecule has 3 atom stereocenters. The van der Waals surface area contributed by atoms with Gasteiger partial charge in [0.05, 0.1) is 22.3 Å². The van der Waals surface area contributed by atoms with Crippen molar-refractivity contribution >= 4 is 21.4 Å². The zero-order valence-electron chi connectivity index (χ0n) is 11.7. The molecule has 0 spiro atoms. The zero-order valence-corrected chi connectivity index (χ0v) is 13.3. The van der Waals surface area contributed by atoms with Gasteiger partial charge in [0.15, 0.2) is 9.84 Å². The summed E-state index contributed by atoms with van der Waals surface area (Å²) in [6.45, 7) is -0.392. The highest BCUT2D eigenvalue weighted by atomic mass is 35.5. The van der Waals surface area contributed by atoms with E-state index in [1.807, 2.05) is 0 Å². The number of hydrogen-bond donors (Lipinski definition) is 2. The molecule has 4 nitrogen and oxygen atoms in total. The van der Waals surface area contributed by atoms with Crippen LogP contribution in [0.4, 0.5) is 0 Å². The van der Waals surface area contributed by atoms with Gasteiger partial charge in [-0.15, -0.1) is 0 Å². The van der Waals surface area contributed by atoms with Crippen molar-refractivity contribution in [2.75, 3.05) is 6.61 Å². The van der Waals surface area contributed by atoms with Gasteiger partial charge in [-0.25, -0.2) is 8.42 Å². The van der Waals surface area contributed by atoms with Crippen LogP contribution in [-0.4, -0.2) is 30.9 Å². The van der Waals surface area contributed by atoms with Crippen LogP contribution >= 0.6 is 11.6 Å². The van der Waals surface area contributed by atoms with Crippen LogP contribution in [0.15, 0.2) is 59.5 Å². The molecule has 0 bridgehead atoms. The van der Waals surface area contributed by atoms with Crippen molar-refractivity contribution in [3.63, 3.8) is 0 Å². The third kappa shape index (κ3) is 2.34. The summed E-state index contributed by atoms with van der Waals surface area (Å²) in [5, 5.41) is 9.35. The van der Waals surface area contributed by atoms with Crippen LogP contribution in [0.3, 0.4) is 0 Å². The molecule has 1 aliphatic carbocycles. The lowest BCUT2D eigenvalue weighted by Crippen LogP contribution is -2.35. The lowest BCUT2D eigenvalue weighted by molar-refractivity contribution is 0.253. The van der Waals surface area contributed by atoms with Crippen molar-refractivity contribution in [2.24, 2.45) is 5.73 Å². The van der Waals surface area contributed by atoms with E-state index in [-0.39, 0.29) is 4.90 Å². The summed E-state index contributed by atoms with van der Waals surface area (Å²) in [5.41, 5.74) is 5.77. The Kier molecular flexibility index (Phi) is 3.77. The summed E-state index contributed by atoms with van der Waals surface area (Å²) in [6.07, 6.45) is 0. The Morgan fingerprint density at radius 1 is 1.09 bits per heavy atom. The highest BCUT2D eigenvalue weighted by Crippen LogP contribution is 2.55. The second kappa shape index (κ2) is 5.35. The molecular weight excluding hydrogens is 322 g/mol. The minimum atomic E-state index is -3.61. The van der Waals surface area contributed by atoms with Crippen LogP contribution in [0.1, 0.15) is 11.5 Å². The number of nitrogens with two attached hydrogens (primary N) is 1. The fraction of sp³-hybridized carbons (Fsp3) is 0.250. The number of rotatable bonds is 4. The maximum atomic E-state index is 12.8. The predicted octanol–water partition coefficient (Wildman–Crippen LogP) is 1.97. The quantitative estimate of drug-likeness (QED) is 0.893. The number of aliphatic hydroxyl groups is 1. The Hall–Kier alpha value is -1.40. The monoisotopic (exact) mass is 337 g/mol. The molecule has 1 saturated carbocycles. The van der Waals surface area contributed by atoms with Crippen molar-refractivity contribution in [3.05, 3.63) is 65.2 Å². The highest BCUT2D eigenvalue weighted by Gasteiger charge is 2.68. The molecule has 0 aromatic heterocycles. The van der Waals surface area contributed by atoms with Gasteiger partial charge in [0.1, 0.15) is 0 Å². The van der Waals surface area contributed by atoms with Crippen LogP contribution in [-0.2, 0) is 9.84 Å². The summed E-state index contributed by atoms with van der Waals surface area (Å²) in [7, 11) is -3.61. The molecule has 2 aromatic rings. The Morgan fingerprint density at radius 3 is 2.23 bits per heavy atom. The van der Waals surface area contributed by atoms with E-state index in [2.05, 4.69) is 0 Å². The van der Waals surface area contributed by atoms with Crippen LogP contribution in [0, 0.1) is 0 Å². The van der Waals surface area contributed by atoms with Crippen molar-refractivity contribution < 1.29 is 13.5 Å². The summed E-state index contributed by atoms with van der Waals surface area (Å²) in [5.74, 6) is -0.444. The standard InChI is InChI=1S/C16H16ClNO3S/c17-12-8-6-11(7-9-12)14-15(16(14,18)10-19)22(20,21)13-4-2-1-3-5-13/h1-9,14-15,19H,10,18H2/t14-,15+,16+/m0/s1. The van der Waals surface area contributed by atoms with Crippen molar-refractivity contribution in [1.82, 2.24) is 0 Å². The maximum Gasteiger partial charge on any atom is 0.183 e. The highest BCUT2D eigenvalue weighted by molar-refractivity contribution is 7.92. The van der Waals surface area contributed by atoms with Crippen LogP contribution in [0.5, 0.6) is 0 Å². The van der Waals surface area contributed by atoms with Gasteiger partial charge in [-0.05, 0) is 29.8 Å². The second-order valence-electron chi connectivity index (χ2n) is 5.58. The van der Waals surface area contributed by atoms with Gasteiger partial charge in [-0.3, -0.25) is 0 Å². The topological polar surface area (TPSA) is 80.4 Å². The average molecular weight is 338 g/mol. The first-order valence-electron chi connectivity index (χ1n) is 6.85. The van der Waals surface area contributed by atoms with Gasteiger partial charge in [0.2, 0.25) is 0 Å². The van der Waals surface area contributed by atoms with Crippen LogP contribution in [0.25, 0.3) is 0 Å². The molecule has 0 heterocycles. The molecule has 0 saturated heterocycles. The summed E-state index contributed by atoms with van der Waals surface area (Å²) in [4.78, 5) is 0.222. The number of aliphatic hydroxyl groups excluding tert-OH is 1. The summed E-state index contributed by atoms with van der Waals surface area (Å²) in [6, 6.07) is 15.1. The SMILES string of the molecule is N[C@@]1(CO)[C@H](S(=O)(=O)c2ccccc2)[C@@H]1c1ccc(Cl)cc1. The molecule has 1 fully saturated rings. The summed E-state index contributed by atoms with van der Waals surface area (Å²) >= 11 is 5.87. The van der Waals surface area contributed by atoms with Gasteiger partial charge in [0, 0.05) is 10.9 Å². The Labute approximate surface area is 134 Å². The van der Waals surface area contributed by atoms with Crippen LogP contribution in [0.2, 0.25) is 5.02 Å². The number of benzene rings is 2. The first-order chi connectivity index (χ1) is 10.4. The van der Waals surface area contributed by atoms with E-state index in [1.165, 1.54) is 0 Å². The molecule has 22 heavy (non-hydrogen) atoms. The number of halogens is 1. The summed E-state index contributed by atoms with van der Waals surface area (Å²) < 4.78 is 25.6. The molecule has 0 radical (unpaired) electrons. The van der Waals surface area contributed by atoms with E-state index in [1.54, 1.807) is 54.6 Å². The van der Waals surface area contributed by atoms with Crippen molar-refractivity contribution in [2.45, 2.75) is 21.6 Å². The van der Waals surface area contributed by atoms with E-state index in [0.29, 0.717) is 5.02 Å². The molecular formula is C16H16ClNO3S.